The number of piperidine rings is 1. The normalized spacial score (nSPS) is 23.5. The second-order valence-corrected chi connectivity index (χ2v) is 5.70. The molecule has 1 aliphatic rings. The molecule has 2 N–H and O–H groups in total. The van der Waals surface area contributed by atoms with E-state index in [9.17, 15) is 10.1 Å². The third kappa shape index (κ3) is 2.94. The molecule has 0 aromatic heterocycles. The number of nitro groups is 1. The van der Waals surface area contributed by atoms with Crippen LogP contribution < -0.4 is 10.6 Å². The molecule has 2 unspecified atom stereocenters. The molecule has 1 aliphatic heterocycles. The van der Waals surface area contributed by atoms with Gasteiger partial charge in [-0.05, 0) is 18.4 Å². The highest BCUT2D eigenvalue weighted by atomic mass is 35.5. The molecule has 0 amide bonds. The Labute approximate surface area is 121 Å². The Morgan fingerprint density at radius 3 is 2.63 bits per heavy atom. The predicted octanol–water partition coefficient (Wildman–Crippen LogP) is 3.08. The van der Waals surface area contributed by atoms with Gasteiger partial charge in [-0.25, -0.2) is 0 Å². The van der Waals surface area contributed by atoms with E-state index in [4.69, 9.17) is 28.9 Å². The summed E-state index contributed by atoms with van der Waals surface area (Å²) in [5.41, 5.74) is 6.46. The summed E-state index contributed by atoms with van der Waals surface area (Å²) in [5, 5.41) is 11.6. The third-order valence-corrected chi connectivity index (χ3v) is 4.25. The quantitative estimate of drug-likeness (QED) is 0.673. The number of nitrogens with two attached hydrogens (primary N) is 1. The van der Waals surface area contributed by atoms with Gasteiger partial charge in [0.25, 0.3) is 5.69 Å². The van der Waals surface area contributed by atoms with Crippen LogP contribution in [0.3, 0.4) is 0 Å². The van der Waals surface area contributed by atoms with Crippen molar-refractivity contribution in [1.29, 1.82) is 0 Å². The highest BCUT2D eigenvalue weighted by molar-refractivity contribution is 6.42. The van der Waals surface area contributed by atoms with Crippen LogP contribution in [0.2, 0.25) is 10.0 Å². The third-order valence-electron chi connectivity index (χ3n) is 3.53. The van der Waals surface area contributed by atoms with E-state index in [0.29, 0.717) is 23.8 Å². The number of benzene rings is 1. The van der Waals surface area contributed by atoms with E-state index in [2.05, 4.69) is 0 Å². The molecule has 1 aromatic carbocycles. The van der Waals surface area contributed by atoms with E-state index in [-0.39, 0.29) is 22.7 Å². The average Bonchev–Trinajstić information content (AvgIpc) is 2.35. The smallest absolute Gasteiger partial charge is 0.294 e. The molecule has 1 aromatic rings. The van der Waals surface area contributed by atoms with Crippen LogP contribution in [0.1, 0.15) is 13.3 Å². The van der Waals surface area contributed by atoms with Crippen LogP contribution in [0.4, 0.5) is 11.4 Å². The highest BCUT2D eigenvalue weighted by Gasteiger charge is 2.28. The number of hydrogen-bond donors (Lipinski definition) is 1. The summed E-state index contributed by atoms with van der Waals surface area (Å²) in [4.78, 5) is 12.6. The van der Waals surface area contributed by atoms with Crippen molar-refractivity contribution in [3.8, 4) is 0 Å². The number of halogens is 2. The van der Waals surface area contributed by atoms with E-state index in [0.717, 1.165) is 6.42 Å². The van der Waals surface area contributed by atoms with Crippen LogP contribution >= 0.6 is 23.2 Å². The average molecular weight is 304 g/mol. The summed E-state index contributed by atoms with van der Waals surface area (Å²) in [5.74, 6) is 0.280. The highest BCUT2D eigenvalue weighted by Crippen LogP contribution is 2.37. The lowest BCUT2D eigenvalue weighted by Crippen LogP contribution is -2.46. The zero-order valence-corrected chi connectivity index (χ0v) is 12.0. The van der Waals surface area contributed by atoms with Gasteiger partial charge in [-0.2, -0.15) is 0 Å². The number of rotatable bonds is 2. The van der Waals surface area contributed by atoms with Crippen LogP contribution in [-0.2, 0) is 0 Å². The molecular formula is C12H15Cl2N3O2. The second kappa shape index (κ2) is 5.53. The van der Waals surface area contributed by atoms with Gasteiger partial charge in [-0.15, -0.1) is 0 Å². The van der Waals surface area contributed by atoms with Gasteiger partial charge in [-0.1, -0.05) is 30.1 Å². The summed E-state index contributed by atoms with van der Waals surface area (Å²) in [6.45, 7) is 3.41. The molecule has 0 aliphatic carbocycles. The molecule has 0 radical (unpaired) electrons. The van der Waals surface area contributed by atoms with Gasteiger partial charge >= 0.3 is 0 Å². The molecule has 7 heteroatoms. The van der Waals surface area contributed by atoms with E-state index in [1.807, 2.05) is 11.8 Å². The first-order chi connectivity index (χ1) is 8.90. The largest absolute Gasteiger partial charge is 0.366 e. The van der Waals surface area contributed by atoms with E-state index < -0.39 is 4.92 Å². The van der Waals surface area contributed by atoms with Gasteiger partial charge in [0.15, 0.2) is 0 Å². The number of anilines is 1. The van der Waals surface area contributed by atoms with Crippen LogP contribution in [-0.4, -0.2) is 24.1 Å². The summed E-state index contributed by atoms with van der Waals surface area (Å²) >= 11 is 11.8. The minimum Gasteiger partial charge on any atom is -0.366 e. The van der Waals surface area contributed by atoms with Crippen LogP contribution in [0.5, 0.6) is 0 Å². The Kier molecular flexibility index (Phi) is 4.18. The Morgan fingerprint density at radius 1 is 1.42 bits per heavy atom. The van der Waals surface area contributed by atoms with Crippen LogP contribution in [0, 0.1) is 16.0 Å². The fourth-order valence-corrected chi connectivity index (χ4v) is 2.62. The number of nitrogens with zero attached hydrogens (tertiary/aromatic N) is 2. The van der Waals surface area contributed by atoms with Crippen molar-refractivity contribution >= 4 is 34.6 Å². The maximum atomic E-state index is 11.1. The van der Waals surface area contributed by atoms with Crippen LogP contribution in [0.25, 0.3) is 0 Å². The Morgan fingerprint density at radius 2 is 2.05 bits per heavy atom. The minimum absolute atomic E-state index is 0.0166. The minimum atomic E-state index is -0.434. The summed E-state index contributed by atoms with van der Waals surface area (Å²) < 4.78 is 0. The predicted molar refractivity (Wildman–Crippen MR) is 77.1 cm³/mol. The second-order valence-electron chi connectivity index (χ2n) is 4.89. The molecule has 5 nitrogen and oxygen atoms in total. The van der Waals surface area contributed by atoms with Crippen molar-refractivity contribution in [3.05, 3.63) is 32.3 Å². The van der Waals surface area contributed by atoms with Gasteiger partial charge in [0.05, 0.1) is 15.0 Å². The number of hydrogen-bond acceptors (Lipinski definition) is 4. The van der Waals surface area contributed by atoms with Gasteiger partial charge in [0.2, 0.25) is 0 Å². The first-order valence-electron chi connectivity index (χ1n) is 6.04. The maximum Gasteiger partial charge on any atom is 0.294 e. The molecule has 0 spiro atoms. The zero-order valence-electron chi connectivity index (χ0n) is 10.5. The molecule has 1 fully saturated rings. The molecule has 1 saturated heterocycles. The topological polar surface area (TPSA) is 72.4 Å². The van der Waals surface area contributed by atoms with Crippen LogP contribution in [0.15, 0.2) is 12.1 Å². The molecule has 0 bridgehead atoms. The monoisotopic (exact) mass is 303 g/mol. The van der Waals surface area contributed by atoms with Crippen molar-refractivity contribution in [2.75, 3.05) is 18.0 Å². The summed E-state index contributed by atoms with van der Waals surface area (Å²) in [6.07, 6.45) is 0.804. The molecule has 0 saturated carbocycles. The first-order valence-corrected chi connectivity index (χ1v) is 6.79. The lowest BCUT2D eigenvalue weighted by atomic mass is 9.94. The van der Waals surface area contributed by atoms with E-state index in [1.165, 1.54) is 6.07 Å². The molecule has 19 heavy (non-hydrogen) atoms. The molecule has 2 atom stereocenters. The van der Waals surface area contributed by atoms with Crippen molar-refractivity contribution in [1.82, 2.24) is 0 Å². The fraction of sp³-hybridized carbons (Fsp3) is 0.500. The molecule has 1 heterocycles. The van der Waals surface area contributed by atoms with E-state index in [1.54, 1.807) is 6.07 Å². The molecular weight excluding hydrogens is 289 g/mol. The van der Waals surface area contributed by atoms with Gasteiger partial charge in [-0.3, -0.25) is 10.1 Å². The SMILES string of the molecule is CC1CN(c2cc(Cl)c(Cl)cc2[N+](=O)[O-])CCC1N. The Hall–Kier alpha value is -1.04. The lowest BCUT2D eigenvalue weighted by molar-refractivity contribution is -0.384. The number of nitro benzene ring substituents is 1. The Balaban J connectivity index is 2.38. The standard InChI is InChI=1S/C12H15Cl2N3O2/c1-7-6-16(3-2-10(7)15)11-4-8(13)9(14)5-12(11)17(18)19/h4-5,7,10H,2-3,6,15H2,1H3. The summed E-state index contributed by atoms with van der Waals surface area (Å²) in [6, 6.07) is 3.00. The molecule has 104 valence electrons. The first kappa shape index (κ1) is 14.4. The molecule has 2 rings (SSSR count). The fourth-order valence-electron chi connectivity index (χ4n) is 2.31. The lowest BCUT2D eigenvalue weighted by Gasteiger charge is -2.36. The van der Waals surface area contributed by atoms with Crippen molar-refractivity contribution < 1.29 is 4.92 Å². The summed E-state index contributed by atoms with van der Waals surface area (Å²) in [7, 11) is 0. The van der Waals surface area contributed by atoms with Crippen molar-refractivity contribution in [2.45, 2.75) is 19.4 Å². The van der Waals surface area contributed by atoms with Crippen molar-refractivity contribution in [2.24, 2.45) is 11.7 Å². The zero-order chi connectivity index (χ0) is 14.2. The van der Waals surface area contributed by atoms with Crippen molar-refractivity contribution in [3.63, 3.8) is 0 Å². The maximum absolute atomic E-state index is 11.1. The van der Waals surface area contributed by atoms with Gasteiger partial charge in [0, 0.05) is 25.2 Å². The van der Waals surface area contributed by atoms with Gasteiger partial charge < -0.3 is 10.6 Å². The Bertz CT molecular complexity index is 510. The van der Waals surface area contributed by atoms with Gasteiger partial charge in [0.1, 0.15) is 5.69 Å². The van der Waals surface area contributed by atoms with E-state index >= 15 is 0 Å².